The smallest absolute Gasteiger partial charge is 0.424 e. The fourth-order valence-electron chi connectivity index (χ4n) is 1.93. The fourth-order valence-corrected chi connectivity index (χ4v) is 1.93. The first-order chi connectivity index (χ1) is 8.16. The lowest BCUT2D eigenvalue weighted by molar-refractivity contribution is 0.134. The molecule has 4 nitrogen and oxygen atoms in total. The molecule has 1 aliphatic heterocycles. The SMILES string of the molecule is CC(C)NN1C(=O)OC[C@@H]1Cc1ccccc1. The average molecular weight is 234 g/mol. The van der Waals surface area contributed by atoms with E-state index in [9.17, 15) is 4.79 Å². The number of carbonyl (C=O) groups excluding carboxylic acids is 1. The Bertz CT molecular complexity index is 378. The molecule has 1 N–H and O–H groups in total. The second-order valence-electron chi connectivity index (χ2n) is 4.57. The van der Waals surface area contributed by atoms with E-state index in [0.29, 0.717) is 6.61 Å². The summed E-state index contributed by atoms with van der Waals surface area (Å²) in [6.07, 6.45) is 0.534. The topological polar surface area (TPSA) is 41.6 Å². The molecule has 0 aliphatic carbocycles. The molecule has 1 amide bonds. The summed E-state index contributed by atoms with van der Waals surface area (Å²) in [5, 5.41) is 1.61. The van der Waals surface area contributed by atoms with Crippen LogP contribution in [0.1, 0.15) is 19.4 Å². The first kappa shape index (κ1) is 11.9. The van der Waals surface area contributed by atoms with Gasteiger partial charge in [0.05, 0.1) is 6.04 Å². The normalized spacial score (nSPS) is 19.8. The highest BCUT2D eigenvalue weighted by Gasteiger charge is 2.33. The molecule has 1 saturated heterocycles. The van der Waals surface area contributed by atoms with E-state index in [1.165, 1.54) is 5.56 Å². The van der Waals surface area contributed by atoms with Crippen LogP contribution in [0.5, 0.6) is 0 Å². The van der Waals surface area contributed by atoms with Crippen LogP contribution >= 0.6 is 0 Å². The highest BCUT2D eigenvalue weighted by atomic mass is 16.6. The Morgan fingerprint density at radius 2 is 2.12 bits per heavy atom. The van der Waals surface area contributed by atoms with Gasteiger partial charge in [-0.3, -0.25) is 0 Å². The number of benzene rings is 1. The van der Waals surface area contributed by atoms with Gasteiger partial charge in [0, 0.05) is 6.04 Å². The van der Waals surface area contributed by atoms with Crippen LogP contribution in [-0.2, 0) is 11.2 Å². The lowest BCUT2D eigenvalue weighted by atomic mass is 10.1. The third-order valence-corrected chi connectivity index (χ3v) is 2.67. The molecule has 1 heterocycles. The number of hydrazine groups is 1. The summed E-state index contributed by atoms with van der Waals surface area (Å²) in [6, 6.07) is 10.4. The fraction of sp³-hybridized carbons (Fsp3) is 0.462. The summed E-state index contributed by atoms with van der Waals surface area (Å²) in [5.74, 6) is 0. The van der Waals surface area contributed by atoms with E-state index in [2.05, 4.69) is 17.6 Å². The summed E-state index contributed by atoms with van der Waals surface area (Å²) < 4.78 is 5.08. The summed E-state index contributed by atoms with van der Waals surface area (Å²) in [7, 11) is 0. The van der Waals surface area contributed by atoms with E-state index < -0.39 is 0 Å². The molecule has 0 unspecified atom stereocenters. The Labute approximate surface area is 102 Å². The first-order valence-electron chi connectivity index (χ1n) is 5.93. The Balaban J connectivity index is 2.02. The third kappa shape index (κ3) is 2.97. The van der Waals surface area contributed by atoms with Gasteiger partial charge < -0.3 is 4.74 Å². The van der Waals surface area contributed by atoms with Crippen molar-refractivity contribution in [1.82, 2.24) is 10.4 Å². The van der Waals surface area contributed by atoms with E-state index in [1.54, 1.807) is 5.01 Å². The van der Waals surface area contributed by atoms with Gasteiger partial charge in [-0.2, -0.15) is 0 Å². The van der Waals surface area contributed by atoms with Gasteiger partial charge in [-0.25, -0.2) is 15.2 Å². The van der Waals surface area contributed by atoms with E-state index in [1.807, 2.05) is 32.0 Å². The molecular formula is C13H18N2O2. The van der Waals surface area contributed by atoms with E-state index in [4.69, 9.17) is 4.74 Å². The number of carbonyl (C=O) groups is 1. The van der Waals surface area contributed by atoms with Crippen LogP contribution in [0.3, 0.4) is 0 Å². The van der Waals surface area contributed by atoms with Crippen LogP contribution in [-0.4, -0.2) is 29.8 Å². The molecule has 1 aromatic carbocycles. The van der Waals surface area contributed by atoms with E-state index >= 15 is 0 Å². The monoisotopic (exact) mass is 234 g/mol. The van der Waals surface area contributed by atoms with E-state index in [0.717, 1.165) is 6.42 Å². The van der Waals surface area contributed by atoms with Crippen molar-refractivity contribution in [3.8, 4) is 0 Å². The molecule has 1 fully saturated rings. The molecule has 92 valence electrons. The number of nitrogens with one attached hydrogen (secondary N) is 1. The molecule has 1 aromatic rings. The largest absolute Gasteiger partial charge is 0.446 e. The minimum atomic E-state index is -0.278. The third-order valence-electron chi connectivity index (χ3n) is 2.67. The Hall–Kier alpha value is -1.55. The maximum absolute atomic E-state index is 11.6. The Morgan fingerprint density at radius 1 is 1.41 bits per heavy atom. The van der Waals surface area contributed by atoms with Crippen molar-refractivity contribution in [1.29, 1.82) is 0 Å². The van der Waals surface area contributed by atoms with Crippen LogP contribution in [0, 0.1) is 0 Å². The van der Waals surface area contributed by atoms with Gasteiger partial charge in [-0.15, -0.1) is 0 Å². The van der Waals surface area contributed by atoms with Gasteiger partial charge in [0.1, 0.15) is 6.61 Å². The van der Waals surface area contributed by atoms with Crippen LogP contribution in [0.15, 0.2) is 30.3 Å². The second-order valence-corrected chi connectivity index (χ2v) is 4.57. The molecule has 0 bridgehead atoms. The molecule has 0 saturated carbocycles. The minimum Gasteiger partial charge on any atom is -0.446 e. The van der Waals surface area contributed by atoms with Gasteiger partial charge in [-0.1, -0.05) is 30.3 Å². The minimum absolute atomic E-state index is 0.0762. The first-order valence-corrected chi connectivity index (χ1v) is 5.93. The number of rotatable bonds is 4. The molecule has 1 aliphatic rings. The van der Waals surface area contributed by atoms with E-state index in [-0.39, 0.29) is 18.2 Å². The standard InChI is InChI=1S/C13H18N2O2/c1-10(2)14-15-12(9-17-13(15)16)8-11-6-4-3-5-7-11/h3-7,10,12,14H,8-9H2,1-2H3/t12-/m0/s1. The molecule has 2 rings (SSSR count). The van der Waals surface area contributed by atoms with Crippen LogP contribution < -0.4 is 5.43 Å². The molecule has 0 aromatic heterocycles. The number of cyclic esters (lactones) is 1. The average Bonchev–Trinajstić information content (AvgIpc) is 2.62. The Kier molecular flexibility index (Phi) is 3.64. The molecule has 0 spiro atoms. The lowest BCUT2D eigenvalue weighted by Crippen LogP contribution is -2.48. The Morgan fingerprint density at radius 3 is 2.76 bits per heavy atom. The summed E-state index contributed by atoms with van der Waals surface area (Å²) >= 11 is 0. The van der Waals surface area contributed by atoms with Crippen molar-refractivity contribution in [3.05, 3.63) is 35.9 Å². The van der Waals surface area contributed by atoms with Crippen molar-refractivity contribution in [2.24, 2.45) is 0 Å². The maximum Gasteiger partial charge on any atom is 0.424 e. The number of hydrogen-bond acceptors (Lipinski definition) is 3. The number of nitrogens with zero attached hydrogens (tertiary/aromatic N) is 1. The van der Waals surface area contributed by atoms with Crippen molar-refractivity contribution in [2.75, 3.05) is 6.61 Å². The zero-order valence-electron chi connectivity index (χ0n) is 10.2. The highest BCUT2D eigenvalue weighted by Crippen LogP contribution is 2.15. The highest BCUT2D eigenvalue weighted by molar-refractivity contribution is 5.69. The summed E-state index contributed by atoms with van der Waals surface area (Å²) in [5.41, 5.74) is 4.33. The van der Waals surface area contributed by atoms with Crippen molar-refractivity contribution in [2.45, 2.75) is 32.4 Å². The number of hydrogen-bond donors (Lipinski definition) is 1. The molecular weight excluding hydrogens is 216 g/mol. The van der Waals surface area contributed by atoms with Crippen molar-refractivity contribution >= 4 is 6.09 Å². The lowest BCUT2D eigenvalue weighted by Gasteiger charge is -2.24. The summed E-state index contributed by atoms with van der Waals surface area (Å²) in [4.78, 5) is 11.6. The van der Waals surface area contributed by atoms with Crippen molar-refractivity contribution < 1.29 is 9.53 Å². The summed E-state index contributed by atoms with van der Waals surface area (Å²) in [6.45, 7) is 4.46. The quantitative estimate of drug-likeness (QED) is 0.866. The molecule has 4 heteroatoms. The molecule has 0 radical (unpaired) electrons. The zero-order valence-corrected chi connectivity index (χ0v) is 10.2. The van der Waals surface area contributed by atoms with Crippen molar-refractivity contribution in [3.63, 3.8) is 0 Å². The predicted molar refractivity (Wildman–Crippen MR) is 65.4 cm³/mol. The van der Waals surface area contributed by atoms with Crippen LogP contribution in [0.4, 0.5) is 4.79 Å². The molecule has 1 atom stereocenters. The number of ether oxygens (including phenoxy) is 1. The predicted octanol–water partition coefficient (Wildman–Crippen LogP) is 1.96. The van der Waals surface area contributed by atoms with Gasteiger partial charge in [-0.05, 0) is 25.8 Å². The molecule has 17 heavy (non-hydrogen) atoms. The second kappa shape index (κ2) is 5.19. The zero-order chi connectivity index (χ0) is 12.3. The van der Waals surface area contributed by atoms with Gasteiger partial charge in [0.2, 0.25) is 0 Å². The van der Waals surface area contributed by atoms with Crippen LogP contribution in [0.25, 0.3) is 0 Å². The maximum atomic E-state index is 11.6. The number of amides is 1. The van der Waals surface area contributed by atoms with Gasteiger partial charge in [0.15, 0.2) is 0 Å². The van der Waals surface area contributed by atoms with Gasteiger partial charge >= 0.3 is 6.09 Å². The van der Waals surface area contributed by atoms with Crippen LogP contribution in [0.2, 0.25) is 0 Å². The van der Waals surface area contributed by atoms with Gasteiger partial charge in [0.25, 0.3) is 0 Å².